The minimum absolute atomic E-state index is 0.105. The van der Waals surface area contributed by atoms with Crippen LogP contribution in [-0.4, -0.2) is 96.7 Å². The van der Waals surface area contributed by atoms with Crippen LogP contribution in [-0.2, 0) is 65.4 Å². The second kappa shape index (κ2) is 69.4. The Morgan fingerprint density at radius 3 is 0.694 bits per heavy atom. The molecule has 0 bridgehead atoms. The molecule has 0 saturated heterocycles. The van der Waals surface area contributed by atoms with E-state index in [1.807, 2.05) is 0 Å². The molecule has 98 heavy (non-hydrogen) atoms. The van der Waals surface area contributed by atoms with Gasteiger partial charge in [-0.1, -0.05) is 357 Å². The molecule has 0 spiro atoms. The minimum atomic E-state index is -4.96. The molecule has 0 aliphatic carbocycles. The van der Waals surface area contributed by atoms with Gasteiger partial charge in [-0.2, -0.15) is 0 Å². The van der Waals surface area contributed by atoms with Gasteiger partial charge in [-0.25, -0.2) is 9.13 Å². The molecule has 0 amide bonds. The highest BCUT2D eigenvalue weighted by atomic mass is 31.2. The van der Waals surface area contributed by atoms with Gasteiger partial charge in [0.05, 0.1) is 26.4 Å². The molecule has 0 rings (SSSR count). The van der Waals surface area contributed by atoms with Gasteiger partial charge >= 0.3 is 39.5 Å². The first-order valence-electron chi connectivity index (χ1n) is 40.8. The molecule has 0 aliphatic heterocycles. The molecule has 0 heterocycles. The Labute approximate surface area is 600 Å². The first-order valence-corrected chi connectivity index (χ1v) is 43.8. The molecule has 2 unspecified atom stereocenters. The predicted molar refractivity (Wildman–Crippen MR) is 400 cm³/mol. The van der Waals surface area contributed by atoms with Gasteiger partial charge in [0.1, 0.15) is 19.3 Å². The summed E-state index contributed by atoms with van der Waals surface area (Å²) in [5.41, 5.74) is 0. The van der Waals surface area contributed by atoms with E-state index in [-0.39, 0.29) is 25.7 Å². The van der Waals surface area contributed by atoms with E-state index in [2.05, 4.69) is 48.5 Å². The normalized spacial score (nSPS) is 14.0. The van der Waals surface area contributed by atoms with Crippen LogP contribution in [0.25, 0.3) is 0 Å². The quantitative estimate of drug-likeness (QED) is 0.0222. The van der Waals surface area contributed by atoms with E-state index in [0.29, 0.717) is 31.6 Å². The molecule has 0 aliphatic rings. The Balaban J connectivity index is 5.23. The first kappa shape index (κ1) is 96.1. The maximum atomic E-state index is 13.1. The molecule has 3 N–H and O–H groups in total. The van der Waals surface area contributed by atoms with Gasteiger partial charge in [-0.3, -0.25) is 37.3 Å². The number of hydrogen-bond donors (Lipinski definition) is 3. The Hall–Kier alpha value is -1.94. The Bertz CT molecular complexity index is 1900. The number of ether oxygens (including phenoxy) is 4. The molecule has 17 nitrogen and oxygen atoms in total. The van der Waals surface area contributed by atoms with Gasteiger partial charge in [0.2, 0.25) is 0 Å². The molecular formula is C79H154O17P2. The van der Waals surface area contributed by atoms with E-state index < -0.39 is 97.5 Å². The van der Waals surface area contributed by atoms with E-state index >= 15 is 0 Å². The van der Waals surface area contributed by atoms with Crippen molar-refractivity contribution in [3.8, 4) is 0 Å². The lowest BCUT2D eigenvalue weighted by Gasteiger charge is -2.21. The molecule has 582 valence electrons. The SMILES string of the molecule is CCCCCCCCCCCCCCCCCCCC(=O)OC[C@H](COP(=O)(O)OC[C@@H](O)COP(=O)(O)OC[C@@H](COC(=O)CCCCCCCCCC(C)C)OC(=O)CCCCCCCCCCCC(C)C)OC(=O)CCCCCCCCCCCCCCCCCCC(C)C. The zero-order valence-electron chi connectivity index (χ0n) is 64.3. The van der Waals surface area contributed by atoms with Crippen LogP contribution in [0.1, 0.15) is 408 Å². The smallest absolute Gasteiger partial charge is 0.462 e. The number of aliphatic hydroxyl groups excluding tert-OH is 1. The number of hydrogen-bond acceptors (Lipinski definition) is 15. The minimum Gasteiger partial charge on any atom is -0.462 e. The Morgan fingerprint density at radius 2 is 0.469 bits per heavy atom. The lowest BCUT2D eigenvalue weighted by Crippen LogP contribution is -2.30. The van der Waals surface area contributed by atoms with Crippen molar-refractivity contribution in [3.05, 3.63) is 0 Å². The molecule has 0 fully saturated rings. The fourth-order valence-corrected chi connectivity index (χ4v) is 13.7. The van der Waals surface area contributed by atoms with Gasteiger partial charge < -0.3 is 33.8 Å². The summed E-state index contributed by atoms with van der Waals surface area (Å²) in [5.74, 6) is 0.135. The van der Waals surface area contributed by atoms with Crippen molar-refractivity contribution in [2.45, 2.75) is 426 Å². The number of phosphoric acid groups is 2. The summed E-state index contributed by atoms with van der Waals surface area (Å²) in [7, 11) is -9.92. The molecule has 5 atom stereocenters. The van der Waals surface area contributed by atoms with E-state index in [1.165, 1.54) is 212 Å². The summed E-state index contributed by atoms with van der Waals surface area (Å²) < 4.78 is 68.6. The van der Waals surface area contributed by atoms with Crippen LogP contribution in [0.3, 0.4) is 0 Å². The summed E-state index contributed by atoms with van der Waals surface area (Å²) in [6.07, 6.45) is 57.0. The van der Waals surface area contributed by atoms with Crippen LogP contribution in [0.4, 0.5) is 0 Å². The van der Waals surface area contributed by atoms with Gasteiger partial charge in [-0.15, -0.1) is 0 Å². The van der Waals surface area contributed by atoms with Crippen molar-refractivity contribution in [2.24, 2.45) is 17.8 Å². The summed E-state index contributed by atoms with van der Waals surface area (Å²) in [6.45, 7) is 11.9. The third kappa shape index (κ3) is 72.4. The molecule has 0 radical (unpaired) electrons. The number of esters is 4. The van der Waals surface area contributed by atoms with E-state index in [0.717, 1.165) is 108 Å². The monoisotopic (exact) mass is 1440 g/mol. The standard InChI is InChI=1S/C79H154O17P2/c1-8-9-10-11-12-13-14-15-16-17-21-24-27-32-39-46-53-60-76(81)89-66-74(95-78(83)62-55-48-40-33-28-25-22-19-18-20-23-26-30-36-43-50-57-70(2)3)68-93-97(85,86)91-64-73(80)65-92-98(87,88)94-69-75(67-90-77(82)61-54-47-42-35-38-45-52-59-72(6)7)96-79(84)63-56-49-41-34-29-31-37-44-51-58-71(4)5/h70-75,80H,8-69H2,1-7H3,(H,85,86)(H,87,88)/t73-,74-,75-/m1/s1. The fourth-order valence-electron chi connectivity index (χ4n) is 12.1. The molecule has 0 aromatic carbocycles. The Kier molecular flexibility index (Phi) is 68.1. The molecule has 19 heteroatoms. The largest absolute Gasteiger partial charge is 0.472 e. The maximum absolute atomic E-state index is 13.1. The van der Waals surface area contributed by atoms with Crippen molar-refractivity contribution in [1.82, 2.24) is 0 Å². The van der Waals surface area contributed by atoms with Crippen LogP contribution in [0.5, 0.6) is 0 Å². The van der Waals surface area contributed by atoms with Crippen molar-refractivity contribution in [2.75, 3.05) is 39.6 Å². The van der Waals surface area contributed by atoms with Crippen LogP contribution >= 0.6 is 15.6 Å². The molecule has 0 aromatic heterocycles. The van der Waals surface area contributed by atoms with E-state index in [4.69, 9.17) is 37.0 Å². The van der Waals surface area contributed by atoms with Crippen molar-refractivity contribution < 1.29 is 80.2 Å². The molecule has 0 aromatic rings. The number of carbonyl (C=O) groups is 4. The van der Waals surface area contributed by atoms with Crippen LogP contribution in [0, 0.1) is 17.8 Å². The summed E-state index contributed by atoms with van der Waals surface area (Å²) in [6, 6.07) is 0. The Morgan fingerprint density at radius 1 is 0.276 bits per heavy atom. The summed E-state index contributed by atoms with van der Waals surface area (Å²) in [5, 5.41) is 10.6. The number of carbonyl (C=O) groups excluding carboxylic acids is 4. The second-order valence-electron chi connectivity index (χ2n) is 29.9. The third-order valence-electron chi connectivity index (χ3n) is 18.4. The number of rotatable bonds is 77. The average Bonchev–Trinajstić information content (AvgIpc) is 0.933. The molecular weight excluding hydrogens is 1280 g/mol. The summed E-state index contributed by atoms with van der Waals surface area (Å²) >= 11 is 0. The highest BCUT2D eigenvalue weighted by Crippen LogP contribution is 2.45. The highest BCUT2D eigenvalue weighted by Gasteiger charge is 2.30. The maximum Gasteiger partial charge on any atom is 0.472 e. The van der Waals surface area contributed by atoms with E-state index in [9.17, 15) is 43.2 Å². The average molecular weight is 1440 g/mol. The van der Waals surface area contributed by atoms with Gasteiger partial charge in [0.15, 0.2) is 12.2 Å². The summed E-state index contributed by atoms with van der Waals surface area (Å²) in [4.78, 5) is 72.9. The number of phosphoric ester groups is 2. The van der Waals surface area contributed by atoms with Crippen LogP contribution < -0.4 is 0 Å². The first-order chi connectivity index (χ1) is 47.2. The highest BCUT2D eigenvalue weighted by molar-refractivity contribution is 7.47. The van der Waals surface area contributed by atoms with Crippen LogP contribution in [0.2, 0.25) is 0 Å². The number of aliphatic hydroxyl groups is 1. The lowest BCUT2D eigenvalue weighted by atomic mass is 10.0. The van der Waals surface area contributed by atoms with Gasteiger partial charge in [-0.05, 0) is 43.4 Å². The zero-order chi connectivity index (χ0) is 72.3. The predicted octanol–water partition coefficient (Wildman–Crippen LogP) is 23.4. The van der Waals surface area contributed by atoms with Crippen molar-refractivity contribution in [1.29, 1.82) is 0 Å². The second-order valence-corrected chi connectivity index (χ2v) is 32.8. The zero-order valence-corrected chi connectivity index (χ0v) is 66.0. The van der Waals surface area contributed by atoms with Crippen molar-refractivity contribution in [3.63, 3.8) is 0 Å². The topological polar surface area (TPSA) is 237 Å². The lowest BCUT2D eigenvalue weighted by molar-refractivity contribution is -0.161. The fraction of sp³-hybridized carbons (Fsp3) is 0.949. The van der Waals surface area contributed by atoms with E-state index in [1.54, 1.807) is 0 Å². The number of unbranched alkanes of at least 4 members (excludes halogenated alkanes) is 45. The molecule has 0 saturated carbocycles. The van der Waals surface area contributed by atoms with Gasteiger partial charge in [0.25, 0.3) is 0 Å². The van der Waals surface area contributed by atoms with Crippen LogP contribution in [0.15, 0.2) is 0 Å². The third-order valence-corrected chi connectivity index (χ3v) is 20.3. The van der Waals surface area contributed by atoms with Gasteiger partial charge in [0, 0.05) is 25.7 Å². The van der Waals surface area contributed by atoms with Crippen molar-refractivity contribution >= 4 is 39.5 Å².